The number of alkyl halides is 3. The Morgan fingerprint density at radius 1 is 1.11 bits per heavy atom. The van der Waals surface area contributed by atoms with E-state index in [4.69, 9.17) is 4.74 Å². The minimum Gasteiger partial charge on any atom is -0.466 e. The second-order valence-electron chi connectivity index (χ2n) is 3.40. The quantitative estimate of drug-likeness (QED) is 0.827. The fourth-order valence-corrected chi connectivity index (χ4v) is 1.34. The normalized spacial score (nSPS) is 11.3. The topological polar surface area (TPSA) is 47.9 Å². The van der Waals surface area contributed by atoms with Gasteiger partial charge in [0.1, 0.15) is 0 Å². The van der Waals surface area contributed by atoms with Crippen molar-refractivity contribution in [1.29, 1.82) is 0 Å². The van der Waals surface area contributed by atoms with Crippen LogP contribution in [0.2, 0.25) is 0 Å². The Morgan fingerprint density at radius 2 is 1.78 bits per heavy atom. The fourth-order valence-electron chi connectivity index (χ4n) is 1.34. The Hall–Kier alpha value is -2.18. The van der Waals surface area contributed by atoms with Crippen LogP contribution in [0.5, 0.6) is 6.01 Å². The van der Waals surface area contributed by atoms with Gasteiger partial charge in [-0.1, -0.05) is 17.2 Å². The summed E-state index contributed by atoms with van der Waals surface area (Å²) in [5.74, 6) is 0. The molecule has 0 amide bonds. The lowest BCUT2D eigenvalue weighted by Gasteiger charge is -2.07. The van der Waals surface area contributed by atoms with Crippen molar-refractivity contribution in [3.05, 3.63) is 36.0 Å². The van der Waals surface area contributed by atoms with Crippen LogP contribution in [0, 0.1) is 0 Å². The molecule has 0 aliphatic rings. The predicted molar refractivity (Wildman–Crippen MR) is 56.8 cm³/mol. The van der Waals surface area contributed by atoms with Crippen molar-refractivity contribution in [2.24, 2.45) is 0 Å². The Labute approximate surface area is 100 Å². The molecule has 0 saturated heterocycles. The number of benzene rings is 1. The minimum absolute atomic E-state index is 0.0624. The van der Waals surface area contributed by atoms with E-state index in [9.17, 15) is 13.2 Å². The van der Waals surface area contributed by atoms with Crippen molar-refractivity contribution >= 4 is 0 Å². The van der Waals surface area contributed by atoms with Crippen molar-refractivity contribution < 1.29 is 17.9 Å². The summed E-state index contributed by atoms with van der Waals surface area (Å²) < 4.78 is 41.9. The van der Waals surface area contributed by atoms with E-state index in [1.807, 2.05) is 0 Å². The lowest BCUT2D eigenvalue weighted by atomic mass is 10.1. The number of hydrogen-bond donors (Lipinski definition) is 0. The maximum absolute atomic E-state index is 12.4. The average molecular weight is 255 g/mol. The summed E-state index contributed by atoms with van der Waals surface area (Å²) in [4.78, 5) is 3.98. The molecule has 0 bridgehead atoms. The van der Waals surface area contributed by atoms with Gasteiger partial charge in [-0.2, -0.15) is 23.3 Å². The number of aromatic nitrogens is 3. The summed E-state index contributed by atoms with van der Waals surface area (Å²) >= 11 is 0. The van der Waals surface area contributed by atoms with Gasteiger partial charge in [-0.25, -0.2) is 0 Å². The van der Waals surface area contributed by atoms with Crippen molar-refractivity contribution in [2.45, 2.75) is 6.18 Å². The number of halogens is 3. The number of ether oxygens (including phenoxy) is 1. The fraction of sp³-hybridized carbons (Fsp3) is 0.182. The van der Waals surface area contributed by atoms with Crippen LogP contribution in [0.3, 0.4) is 0 Å². The van der Waals surface area contributed by atoms with E-state index in [0.29, 0.717) is 11.3 Å². The predicted octanol–water partition coefficient (Wildman–Crippen LogP) is 2.57. The summed E-state index contributed by atoms with van der Waals surface area (Å²) in [5, 5.41) is 7.22. The van der Waals surface area contributed by atoms with Crippen LogP contribution in [0.25, 0.3) is 11.3 Å². The molecule has 94 valence electrons. The highest BCUT2D eigenvalue weighted by Crippen LogP contribution is 2.30. The van der Waals surface area contributed by atoms with Crippen LogP contribution in [0.1, 0.15) is 5.56 Å². The maximum Gasteiger partial charge on any atom is 0.416 e. The van der Waals surface area contributed by atoms with Crippen LogP contribution in [0.4, 0.5) is 13.2 Å². The van der Waals surface area contributed by atoms with Gasteiger partial charge in [-0.15, -0.1) is 0 Å². The molecule has 18 heavy (non-hydrogen) atoms. The molecular weight excluding hydrogens is 247 g/mol. The van der Waals surface area contributed by atoms with E-state index in [1.165, 1.54) is 25.4 Å². The molecule has 0 atom stereocenters. The molecule has 7 heteroatoms. The molecule has 0 aliphatic heterocycles. The van der Waals surface area contributed by atoms with E-state index in [1.54, 1.807) is 0 Å². The maximum atomic E-state index is 12.4. The smallest absolute Gasteiger partial charge is 0.416 e. The van der Waals surface area contributed by atoms with Crippen molar-refractivity contribution in [3.63, 3.8) is 0 Å². The molecule has 0 fully saturated rings. The molecule has 4 nitrogen and oxygen atoms in total. The molecule has 0 radical (unpaired) electrons. The average Bonchev–Trinajstić information content (AvgIpc) is 2.38. The van der Waals surface area contributed by atoms with Gasteiger partial charge >= 0.3 is 12.2 Å². The summed E-state index contributed by atoms with van der Waals surface area (Å²) in [6.45, 7) is 0. The zero-order chi connectivity index (χ0) is 13.2. The first kappa shape index (κ1) is 12.3. The van der Waals surface area contributed by atoms with Crippen molar-refractivity contribution in [3.8, 4) is 17.3 Å². The first-order valence-corrected chi connectivity index (χ1v) is 4.92. The first-order valence-electron chi connectivity index (χ1n) is 4.92. The van der Waals surface area contributed by atoms with Crippen LogP contribution < -0.4 is 4.74 Å². The molecule has 0 saturated carbocycles. The van der Waals surface area contributed by atoms with Crippen molar-refractivity contribution in [2.75, 3.05) is 7.11 Å². The molecular formula is C11H8F3N3O. The summed E-state index contributed by atoms with van der Waals surface area (Å²) in [7, 11) is 1.38. The van der Waals surface area contributed by atoms with E-state index < -0.39 is 11.7 Å². The van der Waals surface area contributed by atoms with Crippen LogP contribution in [-0.2, 0) is 6.18 Å². The molecule has 0 spiro atoms. The van der Waals surface area contributed by atoms with Gasteiger partial charge in [0.05, 0.1) is 24.6 Å². The molecule has 0 aliphatic carbocycles. The van der Waals surface area contributed by atoms with E-state index >= 15 is 0 Å². The number of methoxy groups -OCH3 is 1. The van der Waals surface area contributed by atoms with Gasteiger partial charge in [-0.05, 0) is 12.1 Å². The van der Waals surface area contributed by atoms with Crippen LogP contribution in [0.15, 0.2) is 30.5 Å². The van der Waals surface area contributed by atoms with E-state index in [-0.39, 0.29) is 6.01 Å². The van der Waals surface area contributed by atoms with Gasteiger partial charge in [0.15, 0.2) is 0 Å². The van der Waals surface area contributed by atoms with E-state index in [0.717, 1.165) is 12.1 Å². The van der Waals surface area contributed by atoms with Crippen LogP contribution in [-0.4, -0.2) is 22.3 Å². The zero-order valence-electron chi connectivity index (χ0n) is 9.27. The molecule has 2 aromatic rings. The van der Waals surface area contributed by atoms with Gasteiger partial charge in [0.25, 0.3) is 0 Å². The van der Waals surface area contributed by atoms with Gasteiger partial charge in [0.2, 0.25) is 0 Å². The molecule has 1 aromatic heterocycles. The Balaban J connectivity index is 2.34. The van der Waals surface area contributed by atoms with Gasteiger partial charge in [-0.3, -0.25) is 0 Å². The second kappa shape index (κ2) is 4.59. The molecule has 1 aromatic carbocycles. The SMILES string of the molecule is COc1nncc(-c2ccc(C(F)(F)F)cc2)n1. The van der Waals surface area contributed by atoms with Gasteiger partial charge in [0, 0.05) is 5.56 Å². The summed E-state index contributed by atoms with van der Waals surface area (Å²) in [6.07, 6.45) is -2.99. The Bertz CT molecular complexity index is 540. The monoisotopic (exact) mass is 255 g/mol. The highest BCUT2D eigenvalue weighted by Gasteiger charge is 2.30. The third-order valence-electron chi connectivity index (χ3n) is 2.23. The van der Waals surface area contributed by atoms with Crippen molar-refractivity contribution in [1.82, 2.24) is 15.2 Å². The molecule has 0 N–H and O–H groups in total. The van der Waals surface area contributed by atoms with Crippen LogP contribution >= 0.6 is 0 Å². The second-order valence-corrected chi connectivity index (χ2v) is 3.40. The highest BCUT2D eigenvalue weighted by atomic mass is 19.4. The highest BCUT2D eigenvalue weighted by molar-refractivity contribution is 5.58. The number of hydrogen-bond acceptors (Lipinski definition) is 4. The number of rotatable bonds is 2. The number of nitrogens with zero attached hydrogens (tertiary/aromatic N) is 3. The largest absolute Gasteiger partial charge is 0.466 e. The lowest BCUT2D eigenvalue weighted by molar-refractivity contribution is -0.137. The zero-order valence-corrected chi connectivity index (χ0v) is 9.27. The Morgan fingerprint density at radius 3 is 2.33 bits per heavy atom. The first-order chi connectivity index (χ1) is 8.50. The third-order valence-corrected chi connectivity index (χ3v) is 2.23. The standard InChI is InChI=1S/C11H8F3N3O/c1-18-10-16-9(6-15-17-10)7-2-4-8(5-3-7)11(12,13)14/h2-6H,1H3. The van der Waals surface area contributed by atoms with E-state index in [2.05, 4.69) is 15.2 Å². The summed E-state index contributed by atoms with van der Waals surface area (Å²) in [6, 6.07) is 4.69. The molecule has 2 rings (SSSR count). The summed E-state index contributed by atoms with van der Waals surface area (Å²) in [5.41, 5.74) is 0.201. The lowest BCUT2D eigenvalue weighted by Crippen LogP contribution is -2.04. The third kappa shape index (κ3) is 2.55. The molecule has 0 unspecified atom stereocenters. The minimum atomic E-state index is -4.35. The Kier molecular flexibility index (Phi) is 3.14. The molecule has 1 heterocycles. The van der Waals surface area contributed by atoms with Gasteiger partial charge < -0.3 is 4.74 Å².